The van der Waals surface area contributed by atoms with Gasteiger partial charge in [0.25, 0.3) is 5.91 Å². The van der Waals surface area contributed by atoms with Crippen LogP contribution in [0.5, 0.6) is 0 Å². The van der Waals surface area contributed by atoms with Gasteiger partial charge in [0.2, 0.25) is 23.6 Å². The molecule has 4 rings (SSSR count). The second-order valence-electron chi connectivity index (χ2n) is 14.4. The Morgan fingerprint density at radius 2 is 1.31 bits per heavy atom. The van der Waals surface area contributed by atoms with Gasteiger partial charge in [-0.1, -0.05) is 88.4 Å². The number of amides is 5. The first-order valence-electron chi connectivity index (χ1n) is 18.0. The van der Waals surface area contributed by atoms with Gasteiger partial charge in [0.05, 0.1) is 6.42 Å². The second kappa shape index (κ2) is 18.0. The normalized spacial score (nSPS) is 24.9. The fourth-order valence-corrected chi connectivity index (χ4v) is 6.73. The predicted octanol–water partition coefficient (Wildman–Crippen LogP) is 2.74. The number of fused-ring (bicyclic) bond motifs is 1. The first-order valence-corrected chi connectivity index (χ1v) is 18.0. The minimum absolute atomic E-state index is 0.0112. The number of rotatable bonds is 7. The van der Waals surface area contributed by atoms with Crippen LogP contribution >= 0.6 is 0 Å². The molecule has 2 aliphatic rings. The Kier molecular flexibility index (Phi) is 13.8. The molecule has 5 amide bonds. The van der Waals surface area contributed by atoms with Gasteiger partial charge in [-0.15, -0.1) is 0 Å². The van der Waals surface area contributed by atoms with Gasteiger partial charge in [-0.05, 0) is 42.2 Å². The lowest BCUT2D eigenvalue weighted by Gasteiger charge is -2.37. The Labute approximate surface area is 301 Å². The summed E-state index contributed by atoms with van der Waals surface area (Å²) in [5.41, 5.74) is 1.63. The molecule has 12 nitrogen and oxygen atoms in total. The summed E-state index contributed by atoms with van der Waals surface area (Å²) < 4.78 is 5.70. The predicted molar refractivity (Wildman–Crippen MR) is 192 cm³/mol. The summed E-state index contributed by atoms with van der Waals surface area (Å²) in [6.07, 6.45) is 0.268. The van der Waals surface area contributed by atoms with Gasteiger partial charge in [0, 0.05) is 40.0 Å². The maximum atomic E-state index is 14.5. The average molecular weight is 704 g/mol. The largest absolute Gasteiger partial charge is 0.452 e. The molecular formula is C39H53N5O7. The molecule has 51 heavy (non-hydrogen) atoms. The molecule has 2 aliphatic heterocycles. The molecule has 0 spiro atoms. The molecule has 0 aromatic heterocycles. The highest BCUT2D eigenvalue weighted by molar-refractivity contribution is 5.96. The number of benzene rings is 2. The van der Waals surface area contributed by atoms with Gasteiger partial charge in [0.1, 0.15) is 24.2 Å². The van der Waals surface area contributed by atoms with Crippen LogP contribution in [-0.2, 0) is 46.3 Å². The molecule has 2 heterocycles. The van der Waals surface area contributed by atoms with Crippen LogP contribution in [0.25, 0.3) is 0 Å². The van der Waals surface area contributed by atoms with Gasteiger partial charge in [-0.25, -0.2) is 0 Å². The number of esters is 1. The van der Waals surface area contributed by atoms with Gasteiger partial charge in [-0.2, -0.15) is 0 Å². The molecule has 276 valence electrons. The average Bonchev–Trinajstić information content (AvgIpc) is 3.60. The van der Waals surface area contributed by atoms with E-state index in [0.29, 0.717) is 19.4 Å². The van der Waals surface area contributed by atoms with E-state index in [4.69, 9.17) is 4.74 Å². The van der Waals surface area contributed by atoms with Crippen LogP contribution in [0.2, 0.25) is 0 Å². The number of ether oxygens (including phenoxy) is 1. The van der Waals surface area contributed by atoms with E-state index in [1.807, 2.05) is 88.4 Å². The first kappa shape index (κ1) is 39.1. The monoisotopic (exact) mass is 703 g/mol. The summed E-state index contributed by atoms with van der Waals surface area (Å²) >= 11 is 0. The van der Waals surface area contributed by atoms with E-state index in [1.165, 1.54) is 14.7 Å². The Morgan fingerprint density at radius 3 is 1.88 bits per heavy atom. The minimum Gasteiger partial charge on any atom is -0.452 e. The maximum absolute atomic E-state index is 14.5. The Balaban J connectivity index is 1.76. The molecule has 2 N–H and O–H groups in total. The fourth-order valence-electron chi connectivity index (χ4n) is 6.73. The summed E-state index contributed by atoms with van der Waals surface area (Å²) in [6, 6.07) is 14.7. The van der Waals surface area contributed by atoms with E-state index in [9.17, 15) is 28.8 Å². The van der Waals surface area contributed by atoms with Crippen LogP contribution in [0.15, 0.2) is 60.7 Å². The van der Waals surface area contributed by atoms with Crippen LogP contribution in [-0.4, -0.2) is 108 Å². The highest BCUT2D eigenvalue weighted by atomic mass is 16.5. The molecule has 12 heteroatoms. The zero-order valence-electron chi connectivity index (χ0n) is 30.7. The first-order chi connectivity index (χ1) is 24.3. The lowest BCUT2D eigenvalue weighted by molar-refractivity contribution is -0.162. The molecule has 0 saturated carbocycles. The van der Waals surface area contributed by atoms with Crippen LogP contribution in [0, 0.1) is 11.8 Å². The molecule has 0 radical (unpaired) electrons. The number of nitrogens with zero attached hydrogens (tertiary/aromatic N) is 3. The SMILES string of the molecule is CC(C)C[C@@H]1OC(=O)CCNC(=O)[C@H](Cc2ccccc2)N(C)C(=O)[C@H](Cc2ccccc2)N(C)C(=O)[C@H](C(C)C)NC(=O)[C@@H]2CCCN2C1=O. The highest BCUT2D eigenvalue weighted by Crippen LogP contribution is 2.24. The van der Waals surface area contributed by atoms with E-state index >= 15 is 0 Å². The third-order valence-electron chi connectivity index (χ3n) is 9.69. The highest BCUT2D eigenvalue weighted by Gasteiger charge is 2.42. The van der Waals surface area contributed by atoms with Crippen molar-refractivity contribution in [3.05, 3.63) is 71.8 Å². The maximum Gasteiger partial charge on any atom is 0.308 e. The minimum atomic E-state index is -1.11. The van der Waals surface area contributed by atoms with Crippen molar-refractivity contribution in [2.75, 3.05) is 27.2 Å². The smallest absolute Gasteiger partial charge is 0.308 e. The summed E-state index contributed by atoms with van der Waals surface area (Å²) in [5.74, 6) is -3.35. The van der Waals surface area contributed by atoms with Crippen molar-refractivity contribution in [3.63, 3.8) is 0 Å². The van der Waals surface area contributed by atoms with Crippen molar-refractivity contribution < 1.29 is 33.5 Å². The number of hydrogen-bond acceptors (Lipinski definition) is 7. The van der Waals surface area contributed by atoms with Gasteiger partial charge in [0.15, 0.2) is 6.10 Å². The third kappa shape index (κ3) is 10.2. The van der Waals surface area contributed by atoms with Gasteiger partial charge in [-0.3, -0.25) is 28.8 Å². The molecule has 2 fully saturated rings. The van der Waals surface area contributed by atoms with Gasteiger partial charge >= 0.3 is 5.97 Å². The van der Waals surface area contributed by atoms with Crippen molar-refractivity contribution in [1.29, 1.82) is 0 Å². The number of nitrogens with one attached hydrogen (secondary N) is 2. The van der Waals surface area contributed by atoms with Crippen LogP contribution in [0.3, 0.4) is 0 Å². The van der Waals surface area contributed by atoms with Crippen molar-refractivity contribution >= 4 is 35.5 Å². The summed E-state index contributed by atoms with van der Waals surface area (Å²) in [4.78, 5) is 87.7. The van der Waals surface area contributed by atoms with Crippen molar-refractivity contribution in [2.45, 2.75) is 96.5 Å². The molecule has 0 bridgehead atoms. The third-order valence-corrected chi connectivity index (χ3v) is 9.69. The Bertz CT molecular complexity index is 1530. The van der Waals surface area contributed by atoms with Gasteiger partial charge < -0.3 is 30.1 Å². The Hall–Kier alpha value is -4.74. The number of carbonyl (C=O) groups is 6. The number of hydrogen-bond donors (Lipinski definition) is 2. The van der Waals surface area contributed by atoms with E-state index in [1.54, 1.807) is 14.1 Å². The van der Waals surface area contributed by atoms with Crippen LogP contribution in [0.1, 0.15) is 64.5 Å². The molecule has 2 saturated heterocycles. The zero-order valence-corrected chi connectivity index (χ0v) is 30.7. The fraction of sp³-hybridized carbons (Fsp3) is 0.538. The summed E-state index contributed by atoms with van der Waals surface area (Å²) in [6.45, 7) is 7.67. The van der Waals surface area contributed by atoms with E-state index in [-0.39, 0.29) is 44.1 Å². The van der Waals surface area contributed by atoms with Crippen molar-refractivity contribution in [2.24, 2.45) is 11.8 Å². The molecule has 2 aromatic carbocycles. The zero-order chi connectivity index (χ0) is 37.2. The number of carbonyl (C=O) groups excluding carboxylic acids is 6. The second-order valence-corrected chi connectivity index (χ2v) is 14.4. The van der Waals surface area contributed by atoms with E-state index in [0.717, 1.165) is 11.1 Å². The van der Waals surface area contributed by atoms with Crippen molar-refractivity contribution in [1.82, 2.24) is 25.3 Å². The number of cyclic esters (lactones) is 1. The summed E-state index contributed by atoms with van der Waals surface area (Å²) in [7, 11) is 3.09. The number of likely N-dealkylation sites (N-methyl/N-ethyl adjacent to an activating group) is 2. The van der Waals surface area contributed by atoms with E-state index < -0.39 is 65.8 Å². The standard InChI is InChI=1S/C39H53N5O7/c1-25(2)22-32-38(49)44-21-13-18-29(44)36(47)41-34(26(3)4)39(50)43(6)31(24-28-16-11-8-12-17-28)37(48)42(5)30(23-27-14-9-7-10-15-27)35(46)40-20-19-33(45)51-32/h7-12,14-17,25-26,29-32,34H,13,18-24H2,1-6H3,(H,40,46)(H,41,47)/t29-,30-,31-,32-,34-/m0/s1. The van der Waals surface area contributed by atoms with Crippen molar-refractivity contribution in [3.8, 4) is 0 Å². The van der Waals surface area contributed by atoms with Crippen LogP contribution < -0.4 is 10.6 Å². The van der Waals surface area contributed by atoms with E-state index in [2.05, 4.69) is 10.6 Å². The quantitative estimate of drug-likeness (QED) is 0.422. The Morgan fingerprint density at radius 1 is 0.745 bits per heavy atom. The lowest BCUT2D eigenvalue weighted by Crippen LogP contribution is -2.60. The summed E-state index contributed by atoms with van der Waals surface area (Å²) in [5, 5.41) is 5.71. The molecule has 5 atom stereocenters. The molecule has 2 aromatic rings. The lowest BCUT2D eigenvalue weighted by atomic mass is 9.97. The molecular weight excluding hydrogens is 650 g/mol. The van der Waals surface area contributed by atoms with Crippen LogP contribution in [0.4, 0.5) is 0 Å². The molecule has 0 aliphatic carbocycles. The topological polar surface area (TPSA) is 145 Å². The molecule has 0 unspecified atom stereocenters.